The number of carbonyl (C=O) groups excluding carboxylic acids is 1. The minimum Gasteiger partial charge on any atom is -0.360 e. The van der Waals surface area contributed by atoms with Crippen LogP contribution in [0.4, 0.5) is 0 Å². The highest BCUT2D eigenvalue weighted by molar-refractivity contribution is 7.86. The standard InChI is InChI=1S/C16H27N5O4S/c1-11-9-13(5-7-21(11)26(23,24)20(2)8-6-17)18-16(22)14-10-15(25-19-14)12-3-4-12/h10-13H,3-9,17H2,1-2H3,(H,18,22)/t11-,13-/m0/s1. The molecule has 0 unspecified atom stereocenters. The molecule has 2 fully saturated rings. The van der Waals surface area contributed by atoms with E-state index in [0.717, 1.165) is 18.6 Å². The maximum Gasteiger partial charge on any atom is 0.282 e. The summed E-state index contributed by atoms with van der Waals surface area (Å²) in [6.07, 6.45) is 3.27. The average molecular weight is 385 g/mol. The smallest absolute Gasteiger partial charge is 0.282 e. The molecule has 2 heterocycles. The number of likely N-dealkylation sites (N-methyl/N-ethyl adjacent to an activating group) is 1. The van der Waals surface area contributed by atoms with Gasteiger partial charge in [0, 0.05) is 50.7 Å². The molecule has 26 heavy (non-hydrogen) atoms. The molecule has 1 aromatic rings. The molecule has 3 N–H and O–H groups in total. The second-order valence-electron chi connectivity index (χ2n) is 7.16. The van der Waals surface area contributed by atoms with Crippen LogP contribution >= 0.6 is 0 Å². The zero-order valence-corrected chi connectivity index (χ0v) is 16.0. The SMILES string of the molecule is C[C@H]1C[C@@H](NC(=O)c2cc(C3CC3)on2)CCN1S(=O)(=O)N(C)CCN. The number of nitrogens with two attached hydrogens (primary N) is 1. The molecule has 0 bridgehead atoms. The Bertz CT molecular complexity index is 746. The Morgan fingerprint density at radius 2 is 2.19 bits per heavy atom. The number of nitrogens with one attached hydrogen (secondary N) is 1. The zero-order valence-electron chi connectivity index (χ0n) is 15.2. The van der Waals surface area contributed by atoms with Gasteiger partial charge in [-0.05, 0) is 32.6 Å². The van der Waals surface area contributed by atoms with Crippen LogP contribution in [0, 0.1) is 0 Å². The van der Waals surface area contributed by atoms with E-state index < -0.39 is 10.2 Å². The molecule has 1 saturated carbocycles. The van der Waals surface area contributed by atoms with Gasteiger partial charge in [0.05, 0.1) is 0 Å². The van der Waals surface area contributed by atoms with Crippen LogP contribution in [0.3, 0.4) is 0 Å². The van der Waals surface area contributed by atoms with Gasteiger partial charge in [0.25, 0.3) is 16.1 Å². The molecule has 1 aliphatic heterocycles. The fourth-order valence-corrected chi connectivity index (χ4v) is 4.89. The van der Waals surface area contributed by atoms with Crippen molar-refractivity contribution in [2.24, 2.45) is 5.73 Å². The molecular weight excluding hydrogens is 358 g/mol. The molecule has 1 aliphatic carbocycles. The maximum absolute atomic E-state index is 12.6. The third-order valence-corrected chi connectivity index (χ3v) is 7.13. The summed E-state index contributed by atoms with van der Waals surface area (Å²) in [7, 11) is -2.00. The van der Waals surface area contributed by atoms with Crippen molar-refractivity contribution >= 4 is 16.1 Å². The second-order valence-corrected chi connectivity index (χ2v) is 9.15. The number of aromatic nitrogens is 1. The van der Waals surface area contributed by atoms with Crippen molar-refractivity contribution in [3.8, 4) is 0 Å². The van der Waals surface area contributed by atoms with Gasteiger partial charge in [-0.2, -0.15) is 17.0 Å². The van der Waals surface area contributed by atoms with Crippen molar-refractivity contribution in [2.45, 2.75) is 50.6 Å². The topological polar surface area (TPSA) is 122 Å². The van der Waals surface area contributed by atoms with E-state index in [0.29, 0.717) is 25.3 Å². The van der Waals surface area contributed by atoms with Gasteiger partial charge in [0.2, 0.25) is 0 Å². The van der Waals surface area contributed by atoms with Crippen LogP contribution in [-0.2, 0) is 10.2 Å². The van der Waals surface area contributed by atoms with Crippen LogP contribution < -0.4 is 11.1 Å². The quantitative estimate of drug-likeness (QED) is 0.695. The predicted octanol–water partition coefficient (Wildman–Crippen LogP) is 0.270. The molecule has 0 spiro atoms. The summed E-state index contributed by atoms with van der Waals surface area (Å²) in [6.45, 7) is 2.77. The molecule has 2 aliphatic rings. The van der Waals surface area contributed by atoms with Gasteiger partial charge in [-0.3, -0.25) is 4.79 Å². The van der Waals surface area contributed by atoms with Crippen molar-refractivity contribution in [3.05, 3.63) is 17.5 Å². The normalized spacial score (nSPS) is 24.8. The number of rotatable bonds is 7. The van der Waals surface area contributed by atoms with Crippen LogP contribution in [0.1, 0.15) is 54.8 Å². The second kappa shape index (κ2) is 7.63. The van der Waals surface area contributed by atoms with Crippen molar-refractivity contribution in [2.75, 3.05) is 26.7 Å². The molecule has 1 aromatic heterocycles. The van der Waals surface area contributed by atoms with Crippen molar-refractivity contribution in [3.63, 3.8) is 0 Å². The highest BCUT2D eigenvalue weighted by Gasteiger charge is 2.36. The van der Waals surface area contributed by atoms with Gasteiger partial charge in [-0.15, -0.1) is 0 Å². The minimum atomic E-state index is -3.53. The fourth-order valence-electron chi connectivity index (χ4n) is 3.32. The van der Waals surface area contributed by atoms with E-state index in [-0.39, 0.29) is 36.8 Å². The number of hydrogen-bond acceptors (Lipinski definition) is 6. The molecule has 1 amide bonds. The Labute approximate surface area is 154 Å². The molecule has 10 heteroatoms. The summed E-state index contributed by atoms with van der Waals surface area (Å²) < 4.78 is 33.2. The molecule has 2 atom stereocenters. The fraction of sp³-hybridized carbons (Fsp3) is 0.750. The minimum absolute atomic E-state index is 0.0927. The average Bonchev–Trinajstić information content (AvgIpc) is 3.31. The van der Waals surface area contributed by atoms with Crippen LogP contribution in [-0.4, -0.2) is 66.9 Å². The van der Waals surface area contributed by atoms with E-state index in [4.69, 9.17) is 10.3 Å². The van der Waals surface area contributed by atoms with Crippen molar-refractivity contribution < 1.29 is 17.7 Å². The Morgan fingerprint density at radius 1 is 1.46 bits per heavy atom. The van der Waals surface area contributed by atoms with Gasteiger partial charge in [-0.25, -0.2) is 0 Å². The number of carbonyl (C=O) groups is 1. The lowest BCUT2D eigenvalue weighted by Crippen LogP contribution is -2.54. The summed E-state index contributed by atoms with van der Waals surface area (Å²) >= 11 is 0. The third kappa shape index (κ3) is 4.08. The first-order valence-electron chi connectivity index (χ1n) is 9.03. The van der Waals surface area contributed by atoms with E-state index in [9.17, 15) is 13.2 Å². The Hall–Kier alpha value is -1.49. The number of amides is 1. The first kappa shape index (κ1) is 19.3. The summed E-state index contributed by atoms with van der Waals surface area (Å²) in [6, 6.07) is 1.40. The molecule has 0 radical (unpaired) electrons. The van der Waals surface area contributed by atoms with E-state index >= 15 is 0 Å². The van der Waals surface area contributed by atoms with Crippen molar-refractivity contribution in [1.82, 2.24) is 19.1 Å². The summed E-state index contributed by atoms with van der Waals surface area (Å²) in [5.74, 6) is 0.907. The van der Waals surface area contributed by atoms with Crippen LogP contribution in [0.25, 0.3) is 0 Å². The number of piperidine rings is 1. The van der Waals surface area contributed by atoms with Crippen LogP contribution in [0.2, 0.25) is 0 Å². The molecule has 1 saturated heterocycles. The summed E-state index contributed by atoms with van der Waals surface area (Å²) in [4.78, 5) is 12.4. The largest absolute Gasteiger partial charge is 0.360 e. The zero-order chi connectivity index (χ0) is 18.9. The molecule has 146 valence electrons. The van der Waals surface area contributed by atoms with Gasteiger partial charge in [0.1, 0.15) is 5.76 Å². The molecular formula is C16H27N5O4S. The van der Waals surface area contributed by atoms with E-state index in [2.05, 4.69) is 10.5 Å². The Balaban J connectivity index is 1.57. The van der Waals surface area contributed by atoms with E-state index in [1.54, 1.807) is 6.07 Å². The van der Waals surface area contributed by atoms with E-state index in [1.807, 2.05) is 6.92 Å². The van der Waals surface area contributed by atoms with Crippen molar-refractivity contribution in [1.29, 1.82) is 0 Å². The lowest BCUT2D eigenvalue weighted by Gasteiger charge is -2.38. The van der Waals surface area contributed by atoms with Gasteiger partial charge in [-0.1, -0.05) is 5.16 Å². The van der Waals surface area contributed by atoms with Gasteiger partial charge < -0.3 is 15.6 Å². The lowest BCUT2D eigenvalue weighted by atomic mass is 10.0. The first-order chi connectivity index (χ1) is 12.3. The number of nitrogens with zero attached hydrogens (tertiary/aromatic N) is 3. The van der Waals surface area contributed by atoms with Crippen LogP contribution in [0.15, 0.2) is 10.6 Å². The van der Waals surface area contributed by atoms with Gasteiger partial charge >= 0.3 is 0 Å². The monoisotopic (exact) mass is 385 g/mol. The first-order valence-corrected chi connectivity index (χ1v) is 10.4. The predicted molar refractivity (Wildman–Crippen MR) is 95.7 cm³/mol. The van der Waals surface area contributed by atoms with Gasteiger partial charge in [0.15, 0.2) is 5.69 Å². The lowest BCUT2D eigenvalue weighted by molar-refractivity contribution is 0.0904. The third-order valence-electron chi connectivity index (χ3n) is 5.03. The molecule has 0 aromatic carbocycles. The summed E-state index contributed by atoms with van der Waals surface area (Å²) in [5.41, 5.74) is 5.75. The molecule has 9 nitrogen and oxygen atoms in total. The maximum atomic E-state index is 12.6. The Kier molecular flexibility index (Phi) is 5.66. The highest BCUT2D eigenvalue weighted by atomic mass is 32.2. The van der Waals surface area contributed by atoms with Crippen LogP contribution in [0.5, 0.6) is 0 Å². The highest BCUT2D eigenvalue weighted by Crippen LogP contribution is 2.40. The number of hydrogen-bond donors (Lipinski definition) is 2. The summed E-state index contributed by atoms with van der Waals surface area (Å²) in [5, 5.41) is 6.80. The molecule has 3 rings (SSSR count). The van der Waals surface area contributed by atoms with E-state index in [1.165, 1.54) is 15.7 Å². The Morgan fingerprint density at radius 3 is 2.81 bits per heavy atom.